The average Bonchev–Trinajstić information content (AvgIpc) is 3.24. The molecule has 0 bridgehead atoms. The first-order valence-electron chi connectivity index (χ1n) is 11.8. The van der Waals surface area contributed by atoms with Gasteiger partial charge in [0.1, 0.15) is 0 Å². The van der Waals surface area contributed by atoms with Gasteiger partial charge in [-0.25, -0.2) is 0 Å². The zero-order chi connectivity index (χ0) is 24.7. The van der Waals surface area contributed by atoms with Crippen LogP contribution in [0.5, 0.6) is 0 Å². The summed E-state index contributed by atoms with van der Waals surface area (Å²) in [7, 11) is 0. The summed E-state index contributed by atoms with van der Waals surface area (Å²) in [6, 6.07) is 40.3. The fraction of sp³-hybridized carbons (Fsp3) is 0.0303. The highest BCUT2D eigenvalue weighted by Gasteiger charge is 2.31. The van der Waals surface area contributed by atoms with E-state index in [4.69, 9.17) is 0 Å². The maximum Gasteiger partial charge on any atom is 0.416 e. The molecule has 0 spiro atoms. The van der Waals surface area contributed by atoms with Crippen LogP contribution in [0.2, 0.25) is 0 Å². The van der Waals surface area contributed by atoms with Crippen LogP contribution in [0.15, 0.2) is 127 Å². The molecular weight excluding hydrogens is 453 g/mol. The first-order chi connectivity index (χ1) is 17.5. The predicted molar refractivity (Wildman–Crippen MR) is 140 cm³/mol. The lowest BCUT2D eigenvalue weighted by atomic mass is 9.87. The highest BCUT2D eigenvalue weighted by molar-refractivity contribution is 6.13. The predicted octanol–water partition coefficient (Wildman–Crippen LogP) is 9.36. The molecule has 36 heavy (non-hydrogen) atoms. The summed E-state index contributed by atoms with van der Waals surface area (Å²) < 4.78 is 40.0. The topological polar surface area (TPSA) is 0 Å². The van der Waals surface area contributed by atoms with Crippen molar-refractivity contribution in [3.8, 4) is 22.3 Å². The van der Waals surface area contributed by atoms with Gasteiger partial charge < -0.3 is 0 Å². The van der Waals surface area contributed by atoms with Crippen LogP contribution in [-0.2, 0) is 6.18 Å². The van der Waals surface area contributed by atoms with Gasteiger partial charge in [-0.15, -0.1) is 0 Å². The molecule has 1 aliphatic rings. The van der Waals surface area contributed by atoms with E-state index in [-0.39, 0.29) is 0 Å². The molecule has 0 aromatic heterocycles. The Kier molecular flexibility index (Phi) is 5.34. The van der Waals surface area contributed by atoms with Gasteiger partial charge in [0.25, 0.3) is 0 Å². The van der Waals surface area contributed by atoms with Crippen LogP contribution in [0.1, 0.15) is 27.8 Å². The minimum atomic E-state index is -4.38. The molecule has 5 aromatic rings. The van der Waals surface area contributed by atoms with E-state index < -0.39 is 11.7 Å². The highest BCUT2D eigenvalue weighted by atomic mass is 19.4. The van der Waals surface area contributed by atoms with Crippen molar-refractivity contribution in [2.75, 3.05) is 0 Å². The van der Waals surface area contributed by atoms with Gasteiger partial charge in [0.15, 0.2) is 0 Å². The van der Waals surface area contributed by atoms with Gasteiger partial charge in [-0.1, -0.05) is 115 Å². The number of hydrogen-bond acceptors (Lipinski definition) is 0. The van der Waals surface area contributed by atoms with Crippen molar-refractivity contribution in [1.29, 1.82) is 0 Å². The Balaban J connectivity index is 1.60. The monoisotopic (exact) mass is 474 g/mol. The Morgan fingerprint density at radius 2 is 0.833 bits per heavy atom. The summed E-state index contributed by atoms with van der Waals surface area (Å²) >= 11 is 0. The van der Waals surface area contributed by atoms with Crippen molar-refractivity contribution in [3.63, 3.8) is 0 Å². The molecule has 0 aliphatic heterocycles. The minimum Gasteiger partial charge on any atom is -0.166 e. The second-order valence-corrected chi connectivity index (χ2v) is 8.86. The number of rotatable bonds is 3. The van der Waals surface area contributed by atoms with Gasteiger partial charge in [-0.2, -0.15) is 13.2 Å². The molecule has 0 unspecified atom stereocenters. The van der Waals surface area contributed by atoms with E-state index in [0.29, 0.717) is 0 Å². The van der Waals surface area contributed by atoms with Gasteiger partial charge >= 0.3 is 6.18 Å². The summed E-state index contributed by atoms with van der Waals surface area (Å²) in [6.07, 6.45) is -4.38. The molecule has 0 amide bonds. The van der Waals surface area contributed by atoms with Crippen molar-refractivity contribution in [1.82, 2.24) is 0 Å². The Bertz CT molecular complexity index is 1530. The molecule has 0 nitrogen and oxygen atoms in total. The summed E-state index contributed by atoms with van der Waals surface area (Å²) in [6.45, 7) is 0. The second kappa shape index (κ2) is 8.69. The quantitative estimate of drug-likeness (QED) is 0.240. The van der Waals surface area contributed by atoms with Crippen molar-refractivity contribution >= 4 is 11.1 Å². The third kappa shape index (κ3) is 3.83. The molecule has 0 saturated heterocycles. The first kappa shape index (κ1) is 22.1. The number of fused-ring (bicyclic) bond motifs is 3. The smallest absolute Gasteiger partial charge is 0.166 e. The molecule has 174 valence electrons. The van der Waals surface area contributed by atoms with Crippen LogP contribution in [0.25, 0.3) is 33.4 Å². The maximum atomic E-state index is 13.3. The van der Waals surface area contributed by atoms with Crippen molar-refractivity contribution in [3.05, 3.63) is 155 Å². The summed E-state index contributed by atoms with van der Waals surface area (Å²) in [5.74, 6) is 0. The standard InChI is InChI=1S/C33H21F3/c34-33(35,36)26-20-18-25(19-21-26)31(24-16-14-23(15-17-24)22-8-2-1-3-9-22)32-29-12-6-4-10-27(29)28-11-5-7-13-30(28)32/h1-21H. The summed E-state index contributed by atoms with van der Waals surface area (Å²) in [4.78, 5) is 0. The van der Waals surface area contributed by atoms with Crippen LogP contribution < -0.4 is 0 Å². The Labute approximate surface area is 208 Å². The Hall–Kier alpha value is -4.37. The molecule has 0 heterocycles. The highest BCUT2D eigenvalue weighted by Crippen LogP contribution is 2.49. The second-order valence-electron chi connectivity index (χ2n) is 8.86. The summed E-state index contributed by atoms with van der Waals surface area (Å²) in [5, 5.41) is 0. The van der Waals surface area contributed by atoms with Crippen LogP contribution in [-0.4, -0.2) is 0 Å². The van der Waals surface area contributed by atoms with E-state index in [1.165, 1.54) is 12.1 Å². The summed E-state index contributed by atoms with van der Waals surface area (Å²) in [5.41, 5.74) is 9.64. The number of benzene rings is 5. The van der Waals surface area contributed by atoms with Crippen LogP contribution >= 0.6 is 0 Å². The Morgan fingerprint density at radius 3 is 1.33 bits per heavy atom. The molecule has 1 aliphatic carbocycles. The van der Waals surface area contributed by atoms with Crippen molar-refractivity contribution in [2.45, 2.75) is 6.18 Å². The molecule has 3 heteroatoms. The van der Waals surface area contributed by atoms with E-state index in [0.717, 1.165) is 55.7 Å². The zero-order valence-corrected chi connectivity index (χ0v) is 19.3. The minimum absolute atomic E-state index is 0.651. The fourth-order valence-electron chi connectivity index (χ4n) is 5.03. The van der Waals surface area contributed by atoms with E-state index >= 15 is 0 Å². The van der Waals surface area contributed by atoms with E-state index in [1.807, 2.05) is 42.5 Å². The van der Waals surface area contributed by atoms with Gasteiger partial charge in [0, 0.05) is 0 Å². The van der Waals surface area contributed by atoms with E-state index in [9.17, 15) is 13.2 Å². The van der Waals surface area contributed by atoms with Crippen LogP contribution in [0.4, 0.5) is 13.2 Å². The zero-order valence-electron chi connectivity index (χ0n) is 19.3. The van der Waals surface area contributed by atoms with Gasteiger partial charge in [0.2, 0.25) is 0 Å². The lowest BCUT2D eigenvalue weighted by Gasteiger charge is -2.17. The van der Waals surface area contributed by atoms with Gasteiger partial charge in [-0.3, -0.25) is 0 Å². The van der Waals surface area contributed by atoms with Gasteiger partial charge in [0.05, 0.1) is 5.56 Å². The van der Waals surface area contributed by atoms with Crippen LogP contribution in [0, 0.1) is 0 Å². The number of halogens is 3. The largest absolute Gasteiger partial charge is 0.416 e. The van der Waals surface area contributed by atoms with Crippen LogP contribution in [0.3, 0.4) is 0 Å². The lowest BCUT2D eigenvalue weighted by Crippen LogP contribution is -2.04. The molecule has 0 saturated carbocycles. The first-order valence-corrected chi connectivity index (χ1v) is 11.8. The molecule has 0 radical (unpaired) electrons. The molecule has 0 N–H and O–H groups in total. The molecular formula is C33H21F3. The molecule has 0 atom stereocenters. The maximum absolute atomic E-state index is 13.3. The van der Waals surface area contributed by atoms with Crippen molar-refractivity contribution < 1.29 is 13.2 Å². The third-order valence-electron chi connectivity index (χ3n) is 6.71. The number of alkyl halides is 3. The number of hydrogen-bond donors (Lipinski definition) is 0. The average molecular weight is 475 g/mol. The SMILES string of the molecule is FC(F)(F)c1ccc(C(=C2c3ccccc3-c3ccccc32)c2ccc(-c3ccccc3)cc2)cc1. The van der Waals surface area contributed by atoms with Crippen molar-refractivity contribution in [2.24, 2.45) is 0 Å². The Morgan fingerprint density at radius 1 is 0.417 bits per heavy atom. The molecule has 6 rings (SSSR count). The third-order valence-corrected chi connectivity index (χ3v) is 6.71. The van der Waals surface area contributed by atoms with E-state index in [1.54, 1.807) is 12.1 Å². The fourth-order valence-corrected chi connectivity index (χ4v) is 5.03. The molecule has 0 fully saturated rings. The van der Waals surface area contributed by atoms with E-state index in [2.05, 4.69) is 60.7 Å². The lowest BCUT2D eigenvalue weighted by molar-refractivity contribution is -0.137. The molecule has 5 aromatic carbocycles. The van der Waals surface area contributed by atoms with Gasteiger partial charge in [-0.05, 0) is 67.8 Å². The normalized spacial score (nSPS) is 12.2.